The van der Waals surface area contributed by atoms with Gasteiger partial charge in [-0.2, -0.15) is 0 Å². The Morgan fingerprint density at radius 2 is 1.50 bits per heavy atom. The van der Waals surface area contributed by atoms with Crippen molar-refractivity contribution in [3.63, 3.8) is 0 Å². The summed E-state index contributed by atoms with van der Waals surface area (Å²) in [4.78, 5) is 0. The maximum atomic E-state index is 10.5. The zero-order valence-corrected chi connectivity index (χ0v) is 14.2. The van der Waals surface area contributed by atoms with Crippen LogP contribution in [0.3, 0.4) is 0 Å². The first-order chi connectivity index (χ1) is 11.3. The van der Waals surface area contributed by atoms with Crippen LogP contribution in [0.4, 0.5) is 0 Å². The summed E-state index contributed by atoms with van der Waals surface area (Å²) in [7, 11) is 1.45. The Balaban J connectivity index is 2.12. The van der Waals surface area contributed by atoms with E-state index in [2.05, 4.69) is 0 Å². The molecule has 2 saturated heterocycles. The van der Waals surface area contributed by atoms with Crippen molar-refractivity contribution in [1.29, 1.82) is 0 Å². The van der Waals surface area contributed by atoms with Gasteiger partial charge in [0.15, 0.2) is 12.6 Å². The SMILES string of the molecule is CO[C@H]1OC(CO)[C@@H](O[C@@H]2OC(CO)[C@H](C)[C@H](O)C2N)C(O)[C@H]1C. The van der Waals surface area contributed by atoms with Crippen LogP contribution < -0.4 is 5.73 Å². The minimum Gasteiger partial charge on any atom is -0.394 e. The largest absolute Gasteiger partial charge is 0.394 e. The summed E-state index contributed by atoms with van der Waals surface area (Å²) in [6.07, 6.45) is -6.01. The number of nitrogens with two attached hydrogens (primary N) is 1. The number of rotatable bonds is 5. The summed E-state index contributed by atoms with van der Waals surface area (Å²) in [6.45, 7) is 2.78. The van der Waals surface area contributed by atoms with Gasteiger partial charge in [-0.25, -0.2) is 0 Å². The molecule has 4 unspecified atom stereocenters. The number of aliphatic hydroxyl groups excluding tert-OH is 4. The molecule has 0 spiro atoms. The van der Waals surface area contributed by atoms with Gasteiger partial charge in [-0.1, -0.05) is 13.8 Å². The van der Waals surface area contributed by atoms with Gasteiger partial charge in [0.05, 0.1) is 37.6 Å². The van der Waals surface area contributed by atoms with Gasteiger partial charge in [-0.05, 0) is 0 Å². The van der Waals surface area contributed by atoms with Crippen molar-refractivity contribution in [3.8, 4) is 0 Å². The lowest BCUT2D eigenvalue weighted by Gasteiger charge is -2.47. The molecule has 6 N–H and O–H groups in total. The normalized spacial score (nSPS) is 50.0. The molecule has 2 rings (SSSR count). The molecule has 0 bridgehead atoms. The van der Waals surface area contributed by atoms with Crippen LogP contribution in [0.2, 0.25) is 0 Å². The minimum atomic E-state index is -1.04. The molecule has 10 atom stereocenters. The lowest BCUT2D eigenvalue weighted by Crippen LogP contribution is -2.63. The maximum absolute atomic E-state index is 10.5. The van der Waals surface area contributed by atoms with Crippen molar-refractivity contribution in [2.24, 2.45) is 17.6 Å². The standard InChI is InChI=1S/C15H29NO8/c1-6-8(4-17)22-15(10(16)11(6)19)24-13-9(5-18)23-14(21-3)7(2)12(13)20/h6-15,17-20H,4-5,16H2,1-3H3/t6-,7+,8?,9?,10?,11-,12?,13+,14-,15-/m0/s1. The zero-order chi connectivity index (χ0) is 18.0. The molecule has 0 aliphatic carbocycles. The van der Waals surface area contributed by atoms with Gasteiger partial charge < -0.3 is 45.1 Å². The van der Waals surface area contributed by atoms with Gasteiger partial charge in [0.2, 0.25) is 0 Å². The van der Waals surface area contributed by atoms with E-state index in [1.54, 1.807) is 13.8 Å². The van der Waals surface area contributed by atoms with Crippen LogP contribution in [0.15, 0.2) is 0 Å². The Morgan fingerprint density at radius 3 is 2.04 bits per heavy atom. The average molecular weight is 351 g/mol. The molecule has 9 heteroatoms. The Bertz CT molecular complexity index is 396. The number of hydrogen-bond acceptors (Lipinski definition) is 9. The molecular formula is C15H29NO8. The average Bonchev–Trinajstić information content (AvgIpc) is 2.59. The summed E-state index contributed by atoms with van der Waals surface area (Å²) in [5.41, 5.74) is 5.98. The van der Waals surface area contributed by atoms with E-state index < -0.39 is 61.7 Å². The summed E-state index contributed by atoms with van der Waals surface area (Å²) in [6, 6.07) is -0.857. The number of hydrogen-bond donors (Lipinski definition) is 5. The molecule has 2 fully saturated rings. The molecule has 2 heterocycles. The van der Waals surface area contributed by atoms with Crippen molar-refractivity contribution in [2.75, 3.05) is 20.3 Å². The third-order valence-corrected chi connectivity index (χ3v) is 5.01. The monoisotopic (exact) mass is 351 g/mol. The van der Waals surface area contributed by atoms with Gasteiger partial charge in [0, 0.05) is 18.9 Å². The third-order valence-electron chi connectivity index (χ3n) is 5.01. The van der Waals surface area contributed by atoms with Gasteiger partial charge in [-0.3, -0.25) is 0 Å². The van der Waals surface area contributed by atoms with Crippen LogP contribution in [0, 0.1) is 11.8 Å². The Morgan fingerprint density at radius 1 is 0.917 bits per heavy atom. The van der Waals surface area contributed by atoms with Crippen molar-refractivity contribution in [1.82, 2.24) is 0 Å². The quantitative estimate of drug-likeness (QED) is 0.372. The van der Waals surface area contributed by atoms with Crippen LogP contribution in [0.25, 0.3) is 0 Å². The van der Waals surface area contributed by atoms with Gasteiger partial charge in [0.1, 0.15) is 12.2 Å². The minimum absolute atomic E-state index is 0.292. The predicted octanol–water partition coefficient (Wildman–Crippen LogP) is -2.23. The third kappa shape index (κ3) is 3.74. The van der Waals surface area contributed by atoms with E-state index in [1.807, 2.05) is 0 Å². The molecule has 0 radical (unpaired) electrons. The second-order valence-corrected chi connectivity index (χ2v) is 6.56. The van der Waals surface area contributed by atoms with Crippen molar-refractivity contribution < 1.29 is 39.4 Å². The molecule has 24 heavy (non-hydrogen) atoms. The highest BCUT2D eigenvalue weighted by atomic mass is 16.7. The van der Waals surface area contributed by atoms with E-state index in [0.717, 1.165) is 0 Å². The second-order valence-electron chi connectivity index (χ2n) is 6.56. The first-order valence-corrected chi connectivity index (χ1v) is 8.18. The van der Waals surface area contributed by atoms with Gasteiger partial charge in [0.25, 0.3) is 0 Å². The van der Waals surface area contributed by atoms with Crippen molar-refractivity contribution in [3.05, 3.63) is 0 Å². The lowest BCUT2D eigenvalue weighted by atomic mass is 9.89. The topological polar surface area (TPSA) is 144 Å². The molecule has 2 aliphatic rings. The van der Waals surface area contributed by atoms with E-state index in [-0.39, 0.29) is 12.5 Å². The highest BCUT2D eigenvalue weighted by Crippen LogP contribution is 2.32. The summed E-state index contributed by atoms with van der Waals surface area (Å²) in [5.74, 6) is -0.761. The highest BCUT2D eigenvalue weighted by molar-refractivity contribution is 4.93. The summed E-state index contributed by atoms with van der Waals surface area (Å²) < 4.78 is 22.1. The number of aliphatic hydroxyl groups is 4. The predicted molar refractivity (Wildman–Crippen MR) is 81.7 cm³/mol. The van der Waals surface area contributed by atoms with Crippen LogP contribution >= 0.6 is 0 Å². The summed E-state index contributed by atoms with van der Waals surface area (Å²) in [5, 5.41) is 39.6. The molecular weight excluding hydrogens is 322 g/mol. The Kier molecular flexibility index (Phi) is 6.94. The fourth-order valence-corrected chi connectivity index (χ4v) is 3.24. The molecule has 9 nitrogen and oxygen atoms in total. The Hall–Kier alpha value is -0.360. The van der Waals surface area contributed by atoms with E-state index in [0.29, 0.717) is 0 Å². The second kappa shape index (κ2) is 8.35. The molecule has 0 aromatic rings. The fourth-order valence-electron chi connectivity index (χ4n) is 3.24. The molecule has 0 aromatic carbocycles. The summed E-state index contributed by atoms with van der Waals surface area (Å²) >= 11 is 0. The highest BCUT2D eigenvalue weighted by Gasteiger charge is 2.48. The number of methoxy groups -OCH3 is 1. The number of ether oxygens (including phenoxy) is 4. The van der Waals surface area contributed by atoms with Crippen LogP contribution in [-0.4, -0.2) is 89.9 Å². The smallest absolute Gasteiger partial charge is 0.176 e. The van der Waals surface area contributed by atoms with Crippen LogP contribution in [0.1, 0.15) is 13.8 Å². The van der Waals surface area contributed by atoms with E-state index in [1.165, 1.54) is 7.11 Å². The first-order valence-electron chi connectivity index (χ1n) is 8.18. The van der Waals surface area contributed by atoms with Gasteiger partial charge in [-0.15, -0.1) is 0 Å². The van der Waals surface area contributed by atoms with Crippen LogP contribution in [-0.2, 0) is 18.9 Å². The molecule has 2 aliphatic heterocycles. The van der Waals surface area contributed by atoms with E-state index in [4.69, 9.17) is 24.7 Å². The van der Waals surface area contributed by atoms with Crippen molar-refractivity contribution >= 4 is 0 Å². The molecule has 0 amide bonds. The Labute approximate surface area is 141 Å². The zero-order valence-electron chi connectivity index (χ0n) is 14.2. The van der Waals surface area contributed by atoms with E-state index in [9.17, 15) is 20.4 Å². The van der Waals surface area contributed by atoms with Crippen molar-refractivity contribution in [2.45, 2.75) is 63.0 Å². The molecule has 0 saturated carbocycles. The fraction of sp³-hybridized carbons (Fsp3) is 1.00. The van der Waals surface area contributed by atoms with Gasteiger partial charge >= 0.3 is 0 Å². The molecule has 142 valence electrons. The van der Waals surface area contributed by atoms with E-state index >= 15 is 0 Å². The maximum Gasteiger partial charge on any atom is 0.176 e. The lowest BCUT2D eigenvalue weighted by molar-refractivity contribution is -0.330. The first kappa shape index (κ1) is 20.0. The van der Waals surface area contributed by atoms with Crippen LogP contribution in [0.5, 0.6) is 0 Å². The molecule has 0 aromatic heterocycles.